The molecule has 4 nitrogen and oxygen atoms in total. The van der Waals surface area contributed by atoms with Crippen molar-refractivity contribution < 1.29 is 5.11 Å². The van der Waals surface area contributed by atoms with Gasteiger partial charge in [0, 0.05) is 24.9 Å². The SMILES string of the molecule is OC1[C@@H]2CC[C@H]1CN(c1nnc(Br)s1)C2. The Balaban J connectivity index is 1.80. The number of piperidine rings is 1. The van der Waals surface area contributed by atoms with Gasteiger partial charge < -0.3 is 10.0 Å². The van der Waals surface area contributed by atoms with E-state index in [2.05, 4.69) is 31.0 Å². The highest BCUT2D eigenvalue weighted by Gasteiger charge is 2.41. The Hall–Kier alpha value is -0.200. The predicted octanol–water partition coefficient (Wildman–Crippen LogP) is 1.51. The summed E-state index contributed by atoms with van der Waals surface area (Å²) >= 11 is 4.89. The van der Waals surface area contributed by atoms with E-state index >= 15 is 0 Å². The monoisotopic (exact) mass is 289 g/mol. The summed E-state index contributed by atoms with van der Waals surface area (Å²) in [5.41, 5.74) is 0. The summed E-state index contributed by atoms with van der Waals surface area (Å²) in [5.74, 6) is 0.873. The van der Waals surface area contributed by atoms with Gasteiger partial charge in [0.2, 0.25) is 5.13 Å². The minimum Gasteiger partial charge on any atom is -0.392 e. The van der Waals surface area contributed by atoms with Crippen LogP contribution < -0.4 is 4.90 Å². The van der Waals surface area contributed by atoms with Crippen LogP contribution in [-0.4, -0.2) is 34.5 Å². The molecule has 2 bridgehead atoms. The Morgan fingerprint density at radius 3 is 2.47 bits per heavy atom. The van der Waals surface area contributed by atoms with E-state index in [4.69, 9.17) is 0 Å². The van der Waals surface area contributed by atoms with Crippen molar-refractivity contribution in [3.63, 3.8) is 0 Å². The maximum atomic E-state index is 9.91. The van der Waals surface area contributed by atoms with E-state index in [1.807, 2.05) is 0 Å². The topological polar surface area (TPSA) is 49.2 Å². The predicted molar refractivity (Wildman–Crippen MR) is 62.0 cm³/mol. The molecule has 0 radical (unpaired) electrons. The summed E-state index contributed by atoms with van der Waals surface area (Å²) in [6.07, 6.45) is 2.22. The van der Waals surface area contributed by atoms with Gasteiger partial charge in [-0.05, 0) is 28.8 Å². The fourth-order valence-corrected chi connectivity index (χ4v) is 3.78. The first kappa shape index (κ1) is 9.99. The Morgan fingerprint density at radius 1 is 1.27 bits per heavy atom. The Labute approximate surface area is 100 Å². The zero-order valence-electron chi connectivity index (χ0n) is 8.14. The van der Waals surface area contributed by atoms with Crippen molar-refractivity contribution in [3.05, 3.63) is 3.92 Å². The highest BCUT2D eigenvalue weighted by atomic mass is 79.9. The largest absolute Gasteiger partial charge is 0.392 e. The van der Waals surface area contributed by atoms with Crippen LogP contribution in [0.1, 0.15) is 12.8 Å². The van der Waals surface area contributed by atoms with Gasteiger partial charge in [-0.15, -0.1) is 10.2 Å². The van der Waals surface area contributed by atoms with Crippen LogP contribution in [0, 0.1) is 11.8 Å². The molecule has 15 heavy (non-hydrogen) atoms. The quantitative estimate of drug-likeness (QED) is 0.851. The first-order valence-corrected chi connectivity index (χ1v) is 6.77. The number of hydrogen-bond donors (Lipinski definition) is 1. The Kier molecular flexibility index (Phi) is 2.45. The summed E-state index contributed by atoms with van der Waals surface area (Å²) in [7, 11) is 0. The number of anilines is 1. The van der Waals surface area contributed by atoms with Crippen LogP contribution in [0.5, 0.6) is 0 Å². The molecule has 1 aliphatic heterocycles. The molecule has 0 aromatic carbocycles. The molecule has 1 aromatic rings. The highest BCUT2D eigenvalue weighted by Crippen LogP contribution is 2.39. The molecule has 2 heterocycles. The number of nitrogens with zero attached hydrogens (tertiary/aromatic N) is 3. The maximum absolute atomic E-state index is 9.91. The van der Waals surface area contributed by atoms with Crippen LogP contribution in [0.3, 0.4) is 0 Å². The van der Waals surface area contributed by atoms with Gasteiger partial charge in [-0.25, -0.2) is 0 Å². The molecule has 0 spiro atoms. The zero-order chi connectivity index (χ0) is 10.4. The molecule has 1 N–H and O–H groups in total. The molecule has 3 rings (SSSR count). The third-order valence-corrected chi connectivity index (χ3v) is 4.86. The van der Waals surface area contributed by atoms with Crippen LogP contribution >= 0.6 is 27.3 Å². The molecule has 1 aromatic heterocycles. The minimum absolute atomic E-state index is 0.0855. The number of fused-ring (bicyclic) bond motifs is 2. The van der Waals surface area contributed by atoms with Gasteiger partial charge in [0.05, 0.1) is 6.10 Å². The molecule has 2 fully saturated rings. The summed E-state index contributed by atoms with van der Waals surface area (Å²) in [5, 5.41) is 19.0. The van der Waals surface area contributed by atoms with Gasteiger partial charge in [-0.2, -0.15) is 0 Å². The van der Waals surface area contributed by atoms with E-state index in [-0.39, 0.29) is 6.10 Å². The van der Waals surface area contributed by atoms with Crippen LogP contribution in [0.4, 0.5) is 5.13 Å². The molecule has 82 valence electrons. The normalized spacial score (nSPS) is 34.8. The lowest BCUT2D eigenvalue weighted by Crippen LogP contribution is -2.44. The van der Waals surface area contributed by atoms with Crippen molar-refractivity contribution >= 4 is 32.4 Å². The van der Waals surface area contributed by atoms with Gasteiger partial charge in [0.25, 0.3) is 0 Å². The smallest absolute Gasteiger partial charge is 0.209 e. The lowest BCUT2D eigenvalue weighted by Gasteiger charge is -2.34. The van der Waals surface area contributed by atoms with Crippen molar-refractivity contribution in [2.75, 3.05) is 18.0 Å². The van der Waals surface area contributed by atoms with E-state index in [0.29, 0.717) is 11.8 Å². The van der Waals surface area contributed by atoms with Crippen molar-refractivity contribution in [2.45, 2.75) is 18.9 Å². The average molecular weight is 290 g/mol. The van der Waals surface area contributed by atoms with Gasteiger partial charge >= 0.3 is 0 Å². The molecule has 2 aliphatic rings. The first-order valence-electron chi connectivity index (χ1n) is 5.16. The fraction of sp³-hybridized carbons (Fsp3) is 0.778. The molecule has 1 saturated carbocycles. The van der Waals surface area contributed by atoms with E-state index in [9.17, 15) is 5.11 Å². The van der Waals surface area contributed by atoms with Gasteiger partial charge in [0.15, 0.2) is 3.92 Å². The van der Waals surface area contributed by atoms with Gasteiger partial charge in [0.1, 0.15) is 0 Å². The van der Waals surface area contributed by atoms with Crippen molar-refractivity contribution in [2.24, 2.45) is 11.8 Å². The van der Waals surface area contributed by atoms with E-state index in [1.165, 1.54) is 0 Å². The number of rotatable bonds is 1. The van der Waals surface area contributed by atoms with E-state index in [1.54, 1.807) is 11.3 Å². The third-order valence-electron chi connectivity index (χ3n) is 3.44. The molecular weight excluding hydrogens is 278 g/mol. The summed E-state index contributed by atoms with van der Waals surface area (Å²) in [6, 6.07) is 0. The fourth-order valence-electron chi connectivity index (χ4n) is 2.68. The van der Waals surface area contributed by atoms with Crippen molar-refractivity contribution in [3.8, 4) is 0 Å². The lowest BCUT2D eigenvalue weighted by atomic mass is 9.96. The summed E-state index contributed by atoms with van der Waals surface area (Å²) in [4.78, 5) is 2.26. The summed E-state index contributed by atoms with van der Waals surface area (Å²) in [6.45, 7) is 1.86. The molecule has 1 unspecified atom stereocenters. The highest BCUT2D eigenvalue weighted by molar-refractivity contribution is 9.11. The van der Waals surface area contributed by atoms with Crippen LogP contribution in [0.25, 0.3) is 0 Å². The van der Waals surface area contributed by atoms with Crippen molar-refractivity contribution in [1.82, 2.24) is 10.2 Å². The Morgan fingerprint density at radius 2 is 1.93 bits per heavy atom. The number of aromatic nitrogens is 2. The maximum Gasteiger partial charge on any atom is 0.209 e. The zero-order valence-corrected chi connectivity index (χ0v) is 10.5. The van der Waals surface area contributed by atoms with Gasteiger partial charge in [-0.1, -0.05) is 11.3 Å². The molecule has 0 amide bonds. The average Bonchev–Trinajstić information content (AvgIpc) is 2.70. The lowest BCUT2D eigenvalue weighted by molar-refractivity contribution is 0.0792. The molecule has 1 saturated heterocycles. The number of aliphatic hydroxyl groups excluding tert-OH is 1. The second-order valence-corrected chi connectivity index (χ2v) is 6.56. The van der Waals surface area contributed by atoms with Crippen LogP contribution in [0.2, 0.25) is 0 Å². The number of aliphatic hydroxyl groups is 1. The van der Waals surface area contributed by atoms with E-state index < -0.39 is 0 Å². The van der Waals surface area contributed by atoms with Crippen molar-refractivity contribution in [1.29, 1.82) is 0 Å². The number of halogens is 1. The molecular formula is C9H12BrN3OS. The molecule has 1 aliphatic carbocycles. The minimum atomic E-state index is -0.0855. The van der Waals surface area contributed by atoms with Crippen LogP contribution in [0.15, 0.2) is 3.92 Å². The third kappa shape index (κ3) is 1.68. The number of hydrogen-bond acceptors (Lipinski definition) is 5. The standard InChI is InChI=1S/C9H12BrN3OS/c10-8-11-12-9(15-8)13-3-5-1-2-6(4-13)7(5)14/h5-7,14H,1-4H2/t5-,6+,7?. The van der Waals surface area contributed by atoms with Gasteiger partial charge in [-0.3, -0.25) is 0 Å². The first-order chi connectivity index (χ1) is 7.24. The molecule has 3 atom stereocenters. The second kappa shape index (κ2) is 3.68. The second-order valence-electron chi connectivity index (χ2n) is 4.33. The summed E-state index contributed by atoms with van der Waals surface area (Å²) < 4.78 is 0.830. The molecule has 6 heteroatoms. The Bertz CT molecular complexity index is 358. The van der Waals surface area contributed by atoms with Crippen LogP contribution in [-0.2, 0) is 0 Å². The van der Waals surface area contributed by atoms with E-state index in [0.717, 1.165) is 35.0 Å².